The molecule has 3 aromatic rings. The number of anilines is 1. The number of benzene rings is 2. The number of carbonyl (C=O) groups is 1. The summed E-state index contributed by atoms with van der Waals surface area (Å²) in [7, 11) is 1.59. The van der Waals surface area contributed by atoms with E-state index in [4.69, 9.17) is 9.84 Å². The number of hydrogen-bond donors (Lipinski definition) is 4. The number of nitrogens with zero attached hydrogens (tertiary/aromatic N) is 2. The minimum absolute atomic E-state index is 0.0544. The number of rotatable bonds is 7. The Hall–Kier alpha value is -3.24. The van der Waals surface area contributed by atoms with Crippen LogP contribution in [0.5, 0.6) is 5.75 Å². The van der Waals surface area contributed by atoms with E-state index < -0.39 is 12.5 Å². The molecule has 1 fully saturated rings. The van der Waals surface area contributed by atoms with Crippen LogP contribution in [0.25, 0.3) is 10.9 Å². The number of aromatic nitrogens is 2. The van der Waals surface area contributed by atoms with Gasteiger partial charge >= 0.3 is 0 Å². The molecule has 0 radical (unpaired) electrons. The van der Waals surface area contributed by atoms with Gasteiger partial charge in [-0.1, -0.05) is 18.2 Å². The van der Waals surface area contributed by atoms with Gasteiger partial charge in [-0.15, -0.1) is 0 Å². The Morgan fingerprint density at radius 3 is 2.81 bits per heavy atom. The smallest absolute Gasteiger partial charge is 0.295 e. The number of nitrogens with one attached hydrogen (secondary N) is 3. The highest BCUT2D eigenvalue weighted by atomic mass is 19.3. The number of hydrogen-bond acceptors (Lipinski definition) is 6. The van der Waals surface area contributed by atoms with Crippen molar-refractivity contribution < 1.29 is 23.4 Å². The molecule has 170 valence electrons. The lowest BCUT2D eigenvalue weighted by Crippen LogP contribution is -2.43. The largest absolute Gasteiger partial charge is 0.494 e. The third-order valence-corrected chi connectivity index (χ3v) is 5.57. The second-order valence-corrected chi connectivity index (χ2v) is 7.62. The fourth-order valence-corrected chi connectivity index (χ4v) is 3.89. The van der Waals surface area contributed by atoms with E-state index in [1.807, 2.05) is 0 Å². The summed E-state index contributed by atoms with van der Waals surface area (Å²) in [4.78, 5) is 15.2. The summed E-state index contributed by atoms with van der Waals surface area (Å²) >= 11 is 0. The number of fused-ring (bicyclic) bond motifs is 1. The van der Waals surface area contributed by atoms with Crippen LogP contribution < -0.4 is 20.3 Å². The van der Waals surface area contributed by atoms with Crippen molar-refractivity contribution in [1.29, 1.82) is 0 Å². The van der Waals surface area contributed by atoms with Gasteiger partial charge in [-0.3, -0.25) is 9.89 Å². The SMILES string of the molecule is COc1c(N2CCNCC2)cc(C(=O)NCc2cccc(C(F)(F)CO)c2)c2[nH]ncc12. The first-order valence-corrected chi connectivity index (χ1v) is 10.3. The van der Waals surface area contributed by atoms with Gasteiger partial charge in [0.25, 0.3) is 11.8 Å². The maximum absolute atomic E-state index is 13.8. The summed E-state index contributed by atoms with van der Waals surface area (Å²) in [6, 6.07) is 7.42. The number of ether oxygens (including phenoxy) is 1. The molecule has 0 atom stereocenters. The van der Waals surface area contributed by atoms with Crippen LogP contribution in [0, 0.1) is 0 Å². The van der Waals surface area contributed by atoms with Crippen LogP contribution in [0.4, 0.5) is 14.5 Å². The molecule has 4 rings (SSSR count). The van der Waals surface area contributed by atoms with Gasteiger partial charge in [0.1, 0.15) is 6.61 Å². The lowest BCUT2D eigenvalue weighted by molar-refractivity contribution is -0.0556. The predicted molar refractivity (Wildman–Crippen MR) is 116 cm³/mol. The van der Waals surface area contributed by atoms with E-state index in [9.17, 15) is 13.6 Å². The number of methoxy groups -OCH3 is 1. The highest BCUT2D eigenvalue weighted by molar-refractivity contribution is 6.09. The molecular weight excluding hydrogens is 420 g/mol. The normalized spacial score (nSPS) is 14.6. The predicted octanol–water partition coefficient (Wildman–Crippen LogP) is 2.00. The molecule has 1 amide bonds. The van der Waals surface area contributed by atoms with Crippen molar-refractivity contribution in [3.05, 3.63) is 53.2 Å². The van der Waals surface area contributed by atoms with Crippen molar-refractivity contribution in [2.75, 3.05) is 44.8 Å². The van der Waals surface area contributed by atoms with Crippen molar-refractivity contribution in [3.63, 3.8) is 0 Å². The van der Waals surface area contributed by atoms with E-state index in [0.29, 0.717) is 27.8 Å². The zero-order valence-corrected chi connectivity index (χ0v) is 17.6. The average Bonchev–Trinajstić information content (AvgIpc) is 3.32. The maximum Gasteiger partial charge on any atom is 0.295 e. The molecule has 1 saturated heterocycles. The van der Waals surface area contributed by atoms with E-state index in [1.165, 1.54) is 18.2 Å². The number of aliphatic hydroxyl groups is 1. The van der Waals surface area contributed by atoms with Crippen LogP contribution in [-0.4, -0.2) is 61.1 Å². The molecule has 10 heteroatoms. The molecular formula is C22H25F2N5O3. The molecule has 1 aromatic heterocycles. The van der Waals surface area contributed by atoms with Crippen molar-refractivity contribution in [1.82, 2.24) is 20.8 Å². The summed E-state index contributed by atoms with van der Waals surface area (Å²) in [6.45, 7) is 1.96. The Morgan fingerprint density at radius 1 is 1.31 bits per heavy atom. The van der Waals surface area contributed by atoms with Crippen LogP contribution in [0.2, 0.25) is 0 Å². The van der Waals surface area contributed by atoms with Gasteiger partial charge in [-0.2, -0.15) is 13.9 Å². The third kappa shape index (κ3) is 4.23. The Balaban J connectivity index is 1.61. The fourth-order valence-electron chi connectivity index (χ4n) is 3.89. The maximum atomic E-state index is 13.8. The summed E-state index contributed by atoms with van der Waals surface area (Å²) in [5.74, 6) is -3.06. The average molecular weight is 445 g/mol. The number of piperazine rings is 1. The van der Waals surface area contributed by atoms with E-state index in [1.54, 1.807) is 25.4 Å². The molecule has 0 bridgehead atoms. The van der Waals surface area contributed by atoms with Gasteiger partial charge in [-0.05, 0) is 17.7 Å². The lowest BCUT2D eigenvalue weighted by atomic mass is 10.0. The van der Waals surface area contributed by atoms with Gasteiger partial charge in [0.2, 0.25) is 0 Å². The molecule has 4 N–H and O–H groups in total. The van der Waals surface area contributed by atoms with Crippen molar-refractivity contribution in [2.45, 2.75) is 12.5 Å². The molecule has 2 aromatic carbocycles. The van der Waals surface area contributed by atoms with Crippen LogP contribution in [-0.2, 0) is 12.5 Å². The number of aliphatic hydroxyl groups excluding tert-OH is 1. The zero-order valence-electron chi connectivity index (χ0n) is 17.6. The van der Waals surface area contributed by atoms with Crippen LogP contribution in [0.1, 0.15) is 21.5 Å². The molecule has 0 saturated carbocycles. The molecule has 32 heavy (non-hydrogen) atoms. The van der Waals surface area contributed by atoms with Gasteiger partial charge in [0.05, 0.1) is 35.5 Å². The van der Waals surface area contributed by atoms with Gasteiger partial charge in [0.15, 0.2) is 5.75 Å². The summed E-state index contributed by atoms with van der Waals surface area (Å²) in [5, 5.41) is 22.6. The first-order valence-electron chi connectivity index (χ1n) is 10.3. The zero-order chi connectivity index (χ0) is 22.7. The molecule has 0 aliphatic carbocycles. The molecule has 0 unspecified atom stereocenters. The number of halogens is 2. The molecule has 8 nitrogen and oxygen atoms in total. The summed E-state index contributed by atoms with van der Waals surface area (Å²) in [6.07, 6.45) is 1.62. The minimum Gasteiger partial charge on any atom is -0.494 e. The van der Waals surface area contributed by atoms with Gasteiger partial charge < -0.3 is 25.4 Å². The Morgan fingerprint density at radius 2 is 2.09 bits per heavy atom. The Labute approximate surface area is 183 Å². The number of amides is 1. The van der Waals surface area contributed by atoms with Crippen LogP contribution in [0.15, 0.2) is 36.5 Å². The fraction of sp³-hybridized carbons (Fsp3) is 0.364. The van der Waals surface area contributed by atoms with Crippen molar-refractivity contribution in [2.24, 2.45) is 0 Å². The topological polar surface area (TPSA) is 103 Å². The standard InChI is InChI=1S/C22H25F2N5O3/c1-32-20-17-12-27-28-19(17)16(10-18(20)29-7-5-25-6-8-29)21(31)26-11-14-3-2-4-15(9-14)22(23,24)13-30/h2-4,9-10,12,25,30H,5-8,11,13H2,1H3,(H,26,31)(H,27,28). The summed E-state index contributed by atoms with van der Waals surface area (Å²) < 4.78 is 33.2. The van der Waals surface area contributed by atoms with E-state index in [-0.39, 0.29) is 18.0 Å². The molecule has 1 aliphatic rings. The number of carbonyl (C=O) groups excluding carboxylic acids is 1. The first-order chi connectivity index (χ1) is 15.4. The lowest BCUT2D eigenvalue weighted by Gasteiger charge is -2.31. The quantitative estimate of drug-likeness (QED) is 0.444. The Kier molecular flexibility index (Phi) is 6.24. The van der Waals surface area contributed by atoms with Crippen molar-refractivity contribution in [3.8, 4) is 5.75 Å². The highest BCUT2D eigenvalue weighted by Crippen LogP contribution is 2.38. The van der Waals surface area contributed by atoms with Crippen molar-refractivity contribution >= 4 is 22.5 Å². The van der Waals surface area contributed by atoms with E-state index in [2.05, 4.69) is 25.7 Å². The van der Waals surface area contributed by atoms with Crippen LogP contribution >= 0.6 is 0 Å². The number of alkyl halides is 2. The van der Waals surface area contributed by atoms with E-state index in [0.717, 1.165) is 31.9 Å². The minimum atomic E-state index is -3.34. The molecule has 2 heterocycles. The number of aromatic amines is 1. The van der Waals surface area contributed by atoms with E-state index >= 15 is 0 Å². The summed E-state index contributed by atoms with van der Waals surface area (Å²) in [5.41, 5.74) is 1.94. The highest BCUT2D eigenvalue weighted by Gasteiger charge is 2.30. The molecule has 1 aliphatic heterocycles. The van der Waals surface area contributed by atoms with Gasteiger partial charge in [0, 0.05) is 38.3 Å². The first kappa shape index (κ1) is 22.0. The van der Waals surface area contributed by atoms with Crippen LogP contribution in [0.3, 0.4) is 0 Å². The third-order valence-electron chi connectivity index (χ3n) is 5.57. The molecule has 0 spiro atoms. The second kappa shape index (κ2) is 9.09. The van der Waals surface area contributed by atoms with Gasteiger partial charge in [-0.25, -0.2) is 0 Å². The monoisotopic (exact) mass is 445 g/mol. The Bertz CT molecular complexity index is 1110. The second-order valence-electron chi connectivity index (χ2n) is 7.62. The number of H-pyrrole nitrogens is 1.